The van der Waals surface area contributed by atoms with Crippen molar-refractivity contribution in [2.24, 2.45) is 7.05 Å². The van der Waals surface area contributed by atoms with Gasteiger partial charge in [0, 0.05) is 25.9 Å². The number of alkyl halides is 1. The Bertz CT molecular complexity index is 432. The number of unbranched alkanes of at least 4 members (excludes halogenated alkanes) is 1. The van der Waals surface area contributed by atoms with E-state index in [0.29, 0.717) is 37.5 Å². The third-order valence-corrected chi connectivity index (χ3v) is 3.85. The molecule has 0 radical (unpaired) electrons. The summed E-state index contributed by atoms with van der Waals surface area (Å²) in [5, 5.41) is 4.06. The molecule has 1 aromatic rings. The fourth-order valence-electron chi connectivity index (χ4n) is 1.28. The monoisotopic (exact) mass is 280 g/mol. The Morgan fingerprint density at radius 2 is 2.24 bits per heavy atom. The van der Waals surface area contributed by atoms with Crippen LogP contribution in [-0.2, 0) is 23.5 Å². The van der Waals surface area contributed by atoms with Crippen molar-refractivity contribution in [2.45, 2.75) is 19.3 Å². The van der Waals surface area contributed by atoms with E-state index >= 15 is 0 Å². The van der Waals surface area contributed by atoms with Gasteiger partial charge in [-0.1, -0.05) is 0 Å². The molecule has 0 amide bonds. The molecular formula is C9H17ClN4O2S. The summed E-state index contributed by atoms with van der Waals surface area (Å²) in [7, 11) is -1.42. The molecule has 0 unspecified atom stereocenters. The predicted octanol–water partition coefficient (Wildman–Crippen LogP) is 0.296. The van der Waals surface area contributed by atoms with Crippen LogP contribution in [0.25, 0.3) is 0 Å². The summed E-state index contributed by atoms with van der Waals surface area (Å²) in [4.78, 5) is 4.01. The van der Waals surface area contributed by atoms with Gasteiger partial charge in [-0.05, 0) is 12.8 Å². The molecule has 0 spiro atoms. The number of halogens is 1. The Hall–Kier alpha value is -0.660. The number of aryl methyl sites for hydroxylation is 1. The summed E-state index contributed by atoms with van der Waals surface area (Å²) >= 11 is 5.48. The molecule has 1 N–H and O–H groups in total. The van der Waals surface area contributed by atoms with E-state index in [1.807, 2.05) is 0 Å². The molecule has 0 atom stereocenters. The standard InChI is InChI=1S/C9H17ClN4O2S/c1-14-8-11-9(13-14)4-6-12-17(15,16)7-3-2-5-10/h8,12H,2-7H2,1H3. The summed E-state index contributed by atoms with van der Waals surface area (Å²) < 4.78 is 27.1. The van der Waals surface area contributed by atoms with Crippen LogP contribution in [0.5, 0.6) is 0 Å². The van der Waals surface area contributed by atoms with E-state index < -0.39 is 10.0 Å². The summed E-state index contributed by atoms with van der Waals surface area (Å²) in [5.41, 5.74) is 0. The normalized spacial score (nSPS) is 11.9. The maximum atomic E-state index is 11.5. The van der Waals surface area contributed by atoms with Crippen molar-refractivity contribution in [3.05, 3.63) is 12.2 Å². The molecule has 98 valence electrons. The molecule has 6 nitrogen and oxygen atoms in total. The zero-order chi connectivity index (χ0) is 12.7. The molecule has 17 heavy (non-hydrogen) atoms. The fourth-order valence-corrected chi connectivity index (χ4v) is 2.61. The van der Waals surface area contributed by atoms with E-state index in [1.165, 1.54) is 0 Å². The molecule has 0 aromatic carbocycles. The molecule has 8 heteroatoms. The first-order valence-corrected chi connectivity index (χ1v) is 7.60. The highest BCUT2D eigenvalue weighted by atomic mass is 35.5. The van der Waals surface area contributed by atoms with Gasteiger partial charge in [-0.25, -0.2) is 18.1 Å². The molecule has 1 rings (SSSR count). The van der Waals surface area contributed by atoms with Gasteiger partial charge in [0.2, 0.25) is 10.0 Å². The molecular weight excluding hydrogens is 264 g/mol. The Labute approximate surface area is 106 Å². The van der Waals surface area contributed by atoms with Gasteiger partial charge in [0.15, 0.2) is 5.82 Å². The average molecular weight is 281 g/mol. The Kier molecular flexibility index (Phi) is 5.87. The third-order valence-electron chi connectivity index (χ3n) is 2.11. The number of nitrogens with one attached hydrogen (secondary N) is 1. The largest absolute Gasteiger partial charge is 0.256 e. The van der Waals surface area contributed by atoms with Gasteiger partial charge in [-0.3, -0.25) is 4.68 Å². The van der Waals surface area contributed by atoms with Crippen molar-refractivity contribution >= 4 is 21.6 Å². The zero-order valence-corrected chi connectivity index (χ0v) is 11.3. The maximum absolute atomic E-state index is 11.5. The Morgan fingerprint density at radius 3 is 2.82 bits per heavy atom. The molecule has 0 aliphatic carbocycles. The van der Waals surface area contributed by atoms with Crippen LogP contribution in [0.4, 0.5) is 0 Å². The smallest absolute Gasteiger partial charge is 0.211 e. The van der Waals surface area contributed by atoms with Crippen molar-refractivity contribution in [2.75, 3.05) is 18.2 Å². The van der Waals surface area contributed by atoms with Crippen molar-refractivity contribution in [1.82, 2.24) is 19.5 Å². The molecule has 1 aromatic heterocycles. The van der Waals surface area contributed by atoms with E-state index in [2.05, 4.69) is 14.8 Å². The van der Waals surface area contributed by atoms with Gasteiger partial charge in [0.1, 0.15) is 6.33 Å². The zero-order valence-electron chi connectivity index (χ0n) is 9.76. The molecule has 0 saturated heterocycles. The van der Waals surface area contributed by atoms with E-state index in [-0.39, 0.29) is 5.75 Å². The van der Waals surface area contributed by atoms with Crippen molar-refractivity contribution in [3.8, 4) is 0 Å². The van der Waals surface area contributed by atoms with Crippen LogP contribution in [0.15, 0.2) is 6.33 Å². The second-order valence-electron chi connectivity index (χ2n) is 3.69. The van der Waals surface area contributed by atoms with Crippen LogP contribution in [-0.4, -0.2) is 41.4 Å². The summed E-state index contributed by atoms with van der Waals surface area (Å²) in [5.74, 6) is 1.25. The number of hydrogen-bond acceptors (Lipinski definition) is 4. The van der Waals surface area contributed by atoms with E-state index in [9.17, 15) is 8.42 Å². The third kappa shape index (κ3) is 5.99. The highest BCUT2D eigenvalue weighted by Gasteiger charge is 2.09. The van der Waals surface area contributed by atoms with E-state index in [0.717, 1.165) is 0 Å². The first-order valence-electron chi connectivity index (χ1n) is 5.41. The first-order chi connectivity index (χ1) is 8.03. The van der Waals surface area contributed by atoms with Crippen LogP contribution in [0, 0.1) is 0 Å². The SMILES string of the molecule is Cn1cnc(CCNS(=O)(=O)CCCCCl)n1. The van der Waals surface area contributed by atoms with Gasteiger partial charge in [0.25, 0.3) is 0 Å². The number of rotatable bonds is 8. The van der Waals surface area contributed by atoms with Crippen LogP contribution in [0.3, 0.4) is 0 Å². The average Bonchev–Trinajstić information content (AvgIpc) is 2.64. The molecule has 0 fully saturated rings. The van der Waals surface area contributed by atoms with Gasteiger partial charge in [0.05, 0.1) is 5.75 Å². The molecule has 0 bridgehead atoms. The summed E-state index contributed by atoms with van der Waals surface area (Å²) in [6, 6.07) is 0. The van der Waals surface area contributed by atoms with Crippen molar-refractivity contribution in [3.63, 3.8) is 0 Å². The molecule has 1 heterocycles. The quantitative estimate of drug-likeness (QED) is 0.549. The number of sulfonamides is 1. The second-order valence-corrected chi connectivity index (χ2v) is 6.00. The lowest BCUT2D eigenvalue weighted by molar-refractivity contribution is 0.577. The first kappa shape index (κ1) is 14.4. The number of hydrogen-bond donors (Lipinski definition) is 1. The summed E-state index contributed by atoms with van der Waals surface area (Å²) in [6.07, 6.45) is 3.38. The summed E-state index contributed by atoms with van der Waals surface area (Å²) in [6.45, 7) is 0.327. The number of nitrogens with zero attached hydrogens (tertiary/aromatic N) is 3. The fraction of sp³-hybridized carbons (Fsp3) is 0.778. The van der Waals surface area contributed by atoms with Gasteiger partial charge >= 0.3 is 0 Å². The second kappa shape index (κ2) is 6.93. The highest BCUT2D eigenvalue weighted by Crippen LogP contribution is 1.97. The van der Waals surface area contributed by atoms with Crippen LogP contribution < -0.4 is 4.72 Å². The lowest BCUT2D eigenvalue weighted by Crippen LogP contribution is -2.28. The van der Waals surface area contributed by atoms with Crippen molar-refractivity contribution in [1.29, 1.82) is 0 Å². The van der Waals surface area contributed by atoms with Gasteiger partial charge in [-0.2, -0.15) is 5.10 Å². The van der Waals surface area contributed by atoms with Crippen LogP contribution in [0.2, 0.25) is 0 Å². The minimum atomic E-state index is -3.19. The number of aromatic nitrogens is 3. The molecule has 0 aliphatic rings. The Morgan fingerprint density at radius 1 is 1.47 bits per heavy atom. The Balaban J connectivity index is 2.25. The maximum Gasteiger partial charge on any atom is 0.211 e. The van der Waals surface area contributed by atoms with Gasteiger partial charge < -0.3 is 0 Å². The topological polar surface area (TPSA) is 76.9 Å². The van der Waals surface area contributed by atoms with E-state index in [4.69, 9.17) is 11.6 Å². The van der Waals surface area contributed by atoms with Crippen LogP contribution >= 0.6 is 11.6 Å². The molecule has 0 aliphatic heterocycles. The lowest BCUT2D eigenvalue weighted by atomic mass is 10.4. The lowest BCUT2D eigenvalue weighted by Gasteiger charge is -2.04. The minimum Gasteiger partial charge on any atom is -0.256 e. The van der Waals surface area contributed by atoms with Crippen molar-refractivity contribution < 1.29 is 8.42 Å². The van der Waals surface area contributed by atoms with Crippen LogP contribution in [0.1, 0.15) is 18.7 Å². The predicted molar refractivity (Wildman–Crippen MR) is 66.5 cm³/mol. The highest BCUT2D eigenvalue weighted by molar-refractivity contribution is 7.89. The minimum absolute atomic E-state index is 0.120. The van der Waals surface area contributed by atoms with Gasteiger partial charge in [-0.15, -0.1) is 11.6 Å². The molecule has 0 saturated carbocycles. The van der Waals surface area contributed by atoms with E-state index in [1.54, 1.807) is 18.1 Å².